The van der Waals surface area contributed by atoms with Crippen LogP contribution in [0.15, 0.2) is 398 Å². The van der Waals surface area contributed by atoms with Crippen molar-refractivity contribution in [1.29, 1.82) is 0 Å². The van der Waals surface area contributed by atoms with Gasteiger partial charge >= 0.3 is 0 Å². The van der Waals surface area contributed by atoms with Crippen molar-refractivity contribution in [2.75, 3.05) is 0 Å². The summed E-state index contributed by atoms with van der Waals surface area (Å²) in [6.45, 7) is 0. The van der Waals surface area contributed by atoms with Gasteiger partial charge in [-0.2, -0.15) is 0 Å². The molecule has 0 atom stereocenters. The van der Waals surface area contributed by atoms with Crippen LogP contribution in [-0.2, 0) is 0 Å². The molecular formula is C100H64N12O2. The van der Waals surface area contributed by atoms with Crippen molar-refractivity contribution in [1.82, 2.24) is 59.0 Å². The van der Waals surface area contributed by atoms with Crippen LogP contribution in [-0.4, -0.2) is 59.0 Å². The third-order valence-corrected chi connectivity index (χ3v) is 20.2. The number of fused-ring (bicyclic) bond motifs is 6. The Morgan fingerprint density at radius 3 is 0.632 bits per heavy atom. The second kappa shape index (κ2) is 30.3. The van der Waals surface area contributed by atoms with Gasteiger partial charge in [0, 0.05) is 99.7 Å². The largest absolute Gasteiger partial charge is 0.276 e. The molecule has 0 aliphatic carbocycles. The maximum atomic E-state index is 14.4. The Hall–Kier alpha value is -15.8. The molecule has 0 fully saturated rings. The van der Waals surface area contributed by atoms with E-state index in [2.05, 4.69) is 60.7 Å². The fourth-order valence-electron chi connectivity index (χ4n) is 14.5. The zero-order valence-electron chi connectivity index (χ0n) is 61.1. The summed E-state index contributed by atoms with van der Waals surface area (Å²) in [6.07, 6.45) is 0. The first-order valence-corrected chi connectivity index (χ1v) is 37.4. The van der Waals surface area contributed by atoms with Gasteiger partial charge in [-0.3, -0.25) is 18.7 Å². The van der Waals surface area contributed by atoms with E-state index in [0.29, 0.717) is 63.1 Å². The van der Waals surface area contributed by atoms with E-state index in [1.54, 1.807) is 9.13 Å². The van der Waals surface area contributed by atoms with Crippen molar-refractivity contribution in [3.63, 3.8) is 0 Å². The topological polar surface area (TPSA) is 173 Å². The van der Waals surface area contributed by atoms with Crippen molar-refractivity contribution in [2.24, 2.45) is 0 Å². The van der Waals surface area contributed by atoms with Crippen molar-refractivity contribution in [3.8, 4) is 148 Å². The summed E-state index contributed by atoms with van der Waals surface area (Å²) in [6, 6.07) is 128. The first-order valence-electron chi connectivity index (χ1n) is 37.4. The molecule has 14 nitrogen and oxygen atoms in total. The van der Waals surface area contributed by atoms with Crippen molar-refractivity contribution in [3.05, 3.63) is 409 Å². The minimum absolute atomic E-state index is 0.0963. The molecule has 20 aromatic rings. The molecule has 0 aliphatic heterocycles. The maximum absolute atomic E-state index is 14.4. The van der Waals surface area contributed by atoms with E-state index in [1.807, 2.05) is 328 Å². The Morgan fingerprint density at radius 1 is 0.158 bits per heavy atom. The highest BCUT2D eigenvalue weighted by Crippen LogP contribution is 2.37. The van der Waals surface area contributed by atoms with Crippen LogP contribution in [0.4, 0.5) is 0 Å². The van der Waals surface area contributed by atoms with Gasteiger partial charge in [-0.05, 0) is 120 Å². The number of benzene rings is 14. The number of hydrogen-bond donors (Lipinski definition) is 0. The van der Waals surface area contributed by atoms with Crippen LogP contribution in [0, 0.1) is 0 Å². The molecule has 20 rings (SSSR count). The van der Waals surface area contributed by atoms with Crippen LogP contribution >= 0.6 is 0 Å². The molecule has 114 heavy (non-hydrogen) atoms. The maximum Gasteiger partial charge on any atom is 0.263 e. The van der Waals surface area contributed by atoms with E-state index in [0.717, 1.165) is 128 Å². The number of nitrogens with zero attached hydrogens (tertiary/aromatic N) is 12. The highest BCUT2D eigenvalue weighted by Gasteiger charge is 2.22. The van der Waals surface area contributed by atoms with E-state index in [9.17, 15) is 9.59 Å². The predicted molar refractivity (Wildman–Crippen MR) is 457 cm³/mol. The van der Waals surface area contributed by atoms with E-state index >= 15 is 0 Å². The van der Waals surface area contributed by atoms with Gasteiger partial charge in [0.1, 0.15) is 0 Å². The zero-order chi connectivity index (χ0) is 76.3. The lowest BCUT2D eigenvalue weighted by Gasteiger charge is -2.15. The molecule has 0 unspecified atom stereocenters. The third-order valence-electron chi connectivity index (χ3n) is 20.2. The molecule has 0 saturated carbocycles. The summed E-state index contributed by atoms with van der Waals surface area (Å²) in [5.74, 6) is 4.63. The summed E-state index contributed by atoms with van der Waals surface area (Å²) in [5.41, 5.74) is 17.1. The third kappa shape index (κ3) is 13.7. The van der Waals surface area contributed by atoms with Crippen LogP contribution in [0.1, 0.15) is 0 Å². The Bertz CT molecular complexity index is 6430. The molecule has 0 radical (unpaired) electrons. The molecule has 0 amide bonds. The first kappa shape index (κ1) is 68.7. The van der Waals surface area contributed by atoms with Gasteiger partial charge < -0.3 is 0 Å². The summed E-state index contributed by atoms with van der Waals surface area (Å²) in [5, 5.41) is 4.77. The summed E-state index contributed by atoms with van der Waals surface area (Å²) >= 11 is 0. The van der Waals surface area contributed by atoms with E-state index in [4.69, 9.17) is 49.8 Å². The normalized spacial score (nSPS) is 11.2. The lowest BCUT2D eigenvalue weighted by Crippen LogP contribution is -2.19. The van der Waals surface area contributed by atoms with Crippen LogP contribution in [0.5, 0.6) is 0 Å². The van der Waals surface area contributed by atoms with Crippen LogP contribution in [0.25, 0.3) is 191 Å². The lowest BCUT2D eigenvalue weighted by molar-refractivity contribution is 1.05. The average Bonchev–Trinajstić information content (AvgIpc) is 0.743. The minimum atomic E-state index is -0.116. The van der Waals surface area contributed by atoms with Gasteiger partial charge in [0.2, 0.25) is 0 Å². The summed E-state index contributed by atoms with van der Waals surface area (Å²) < 4.78 is 3.56. The molecule has 0 saturated heterocycles. The molecule has 14 aromatic carbocycles. The molecule has 0 bridgehead atoms. The monoisotopic (exact) mass is 1460 g/mol. The highest BCUT2D eigenvalue weighted by atomic mass is 16.1. The summed E-state index contributed by atoms with van der Waals surface area (Å²) in [4.78, 5) is 78.3. The fraction of sp³-hybridized carbons (Fsp3) is 0. The van der Waals surface area contributed by atoms with E-state index in [1.165, 1.54) is 0 Å². The molecular weight excluding hydrogens is 1400 g/mol. The minimum Gasteiger partial charge on any atom is -0.276 e. The Balaban J connectivity index is 0.000000153. The molecule has 0 N–H and O–H groups in total. The molecule has 0 spiro atoms. The van der Waals surface area contributed by atoms with Crippen molar-refractivity contribution < 1.29 is 0 Å². The van der Waals surface area contributed by atoms with Gasteiger partial charge in [-0.25, -0.2) is 49.8 Å². The molecule has 536 valence electrons. The van der Waals surface area contributed by atoms with Crippen molar-refractivity contribution in [2.45, 2.75) is 0 Å². The SMILES string of the molecule is O=c1c2ccccc2c2cc(-c3nc(-c4ccccc4)cc(-c4ccccc4)n3)ccc2n1-c1ccc(-c2nc(-c3ccccc3)cc(-c3ccccc3)n2)cc1.O=c1c2ccccc2c2cc(-c3nc(-c4ccccc4)nc(-c4ccccc4)n3)ccc2n1-c1ccc(-c2nc(-c3ccccc3)nc(-c3ccccc3)n2)cc1. The highest BCUT2D eigenvalue weighted by molar-refractivity contribution is 6.09. The number of aromatic nitrogens is 12. The number of pyridine rings is 2. The Kier molecular flexibility index (Phi) is 18.3. The van der Waals surface area contributed by atoms with Crippen LogP contribution in [0.2, 0.25) is 0 Å². The van der Waals surface area contributed by atoms with Gasteiger partial charge in [0.15, 0.2) is 46.6 Å². The first-order chi connectivity index (χ1) is 56.3. The number of rotatable bonds is 14. The Morgan fingerprint density at radius 2 is 0.360 bits per heavy atom. The van der Waals surface area contributed by atoms with Gasteiger partial charge in [-0.15, -0.1) is 0 Å². The molecule has 14 heteroatoms. The quantitative estimate of drug-likeness (QED) is 0.0945. The smallest absolute Gasteiger partial charge is 0.263 e. The van der Waals surface area contributed by atoms with Gasteiger partial charge in [0.25, 0.3) is 11.1 Å². The fourth-order valence-corrected chi connectivity index (χ4v) is 14.5. The van der Waals surface area contributed by atoms with Crippen LogP contribution in [0.3, 0.4) is 0 Å². The van der Waals surface area contributed by atoms with Gasteiger partial charge in [0.05, 0.1) is 33.8 Å². The zero-order valence-corrected chi connectivity index (χ0v) is 61.1. The van der Waals surface area contributed by atoms with E-state index in [-0.39, 0.29) is 11.1 Å². The van der Waals surface area contributed by atoms with Gasteiger partial charge in [-0.1, -0.05) is 279 Å². The Labute approximate surface area is 654 Å². The molecule has 0 aliphatic rings. The van der Waals surface area contributed by atoms with E-state index < -0.39 is 0 Å². The lowest BCUT2D eigenvalue weighted by atomic mass is 10.0. The molecule has 6 aromatic heterocycles. The van der Waals surface area contributed by atoms with Crippen molar-refractivity contribution >= 4 is 43.4 Å². The standard InChI is InChI=1S/C51H33N5O.C49H31N7O/c57-51-42-24-14-13-23-41(42)43-31-39(50-54-46(36-19-9-3-10-20-36)33-47(55-50)37-21-11-4-12-22-37)27-30-48(43)56(51)40-28-25-38(26-29-40)49-52-44(34-15-5-1-6-16-34)32-45(53-49)35-17-7-2-8-18-35;57-49-40-24-14-13-23-39(40)41-31-37(48-54-45(34-19-9-3-10-20-34)51-46(55-48)35-21-11-4-12-22-35)27-30-42(41)56(49)38-28-25-36(26-29-38)47-52-43(32-15-5-1-6-16-32)50-44(53-47)33-17-7-2-8-18-33/h1-33H;1-31H. The number of hydrogen-bond acceptors (Lipinski definition) is 12. The molecule has 6 heterocycles. The summed E-state index contributed by atoms with van der Waals surface area (Å²) in [7, 11) is 0. The van der Waals surface area contributed by atoms with Crippen LogP contribution < -0.4 is 11.1 Å². The second-order valence-corrected chi connectivity index (χ2v) is 27.4. The predicted octanol–water partition coefficient (Wildman–Crippen LogP) is 22.2. The average molecular weight is 1470 g/mol. The second-order valence-electron chi connectivity index (χ2n) is 27.4.